The smallest absolute Gasteiger partial charge is 0.0692 e. The molecule has 1 nitrogen and oxygen atoms in total. The van der Waals surface area contributed by atoms with E-state index in [1.807, 2.05) is 0 Å². The number of nitrogens with one attached hydrogen (secondary N) is 1. The average molecular weight is 137 g/mol. The minimum absolute atomic E-state index is 0.565. The summed E-state index contributed by atoms with van der Waals surface area (Å²) in [4.78, 5) is 0. The number of hydrogen-bond acceptors (Lipinski definition) is 2. The molecule has 0 fully saturated rings. The van der Waals surface area contributed by atoms with Crippen molar-refractivity contribution in [3.05, 3.63) is 36.1 Å². The van der Waals surface area contributed by atoms with Gasteiger partial charge in [-0.3, -0.25) is 0 Å². The molecule has 0 aromatic rings. The van der Waals surface area contributed by atoms with Crippen LogP contribution in [0.25, 0.3) is 0 Å². The first-order valence-corrected chi connectivity index (χ1v) is 3.81. The van der Waals surface area contributed by atoms with Crippen LogP contribution < -0.4 is 4.72 Å². The fraction of sp³-hybridized carbons (Fsp3) is 0.143. The molecule has 46 valence electrons. The maximum atomic E-state index is 3.12. The van der Waals surface area contributed by atoms with E-state index in [0.29, 0.717) is 5.25 Å². The van der Waals surface area contributed by atoms with Crippen LogP contribution in [0, 0.1) is 0 Å². The molecular weight excluding hydrogens is 130 g/mol. The molecule has 0 aromatic carbocycles. The highest BCUT2D eigenvalue weighted by Crippen LogP contribution is 2.26. The standard InChI is InChI=1S/C7H7NS/c1-2-4-7-6(3-1)5-8-9-7/h1-5,7-8H. The fourth-order valence-electron chi connectivity index (χ4n) is 0.951. The minimum Gasteiger partial charge on any atom is -0.335 e. The van der Waals surface area contributed by atoms with E-state index in [0.717, 1.165) is 0 Å². The van der Waals surface area contributed by atoms with Gasteiger partial charge in [0.05, 0.1) is 5.25 Å². The van der Waals surface area contributed by atoms with Gasteiger partial charge < -0.3 is 4.72 Å². The van der Waals surface area contributed by atoms with Crippen LogP contribution in [0.4, 0.5) is 0 Å². The minimum atomic E-state index is 0.565. The zero-order valence-corrected chi connectivity index (χ0v) is 5.69. The van der Waals surface area contributed by atoms with Crippen LogP contribution in [0.2, 0.25) is 0 Å². The molecule has 1 N–H and O–H groups in total. The number of fused-ring (bicyclic) bond motifs is 1. The molecule has 0 saturated heterocycles. The topological polar surface area (TPSA) is 12.0 Å². The van der Waals surface area contributed by atoms with Crippen molar-refractivity contribution < 1.29 is 0 Å². The fourth-order valence-corrected chi connectivity index (χ4v) is 1.75. The lowest BCUT2D eigenvalue weighted by Crippen LogP contribution is -1.98. The van der Waals surface area contributed by atoms with E-state index in [-0.39, 0.29) is 0 Å². The Kier molecular flexibility index (Phi) is 1.12. The van der Waals surface area contributed by atoms with Gasteiger partial charge in [-0.25, -0.2) is 0 Å². The van der Waals surface area contributed by atoms with Gasteiger partial charge in [-0.2, -0.15) is 0 Å². The van der Waals surface area contributed by atoms with Crippen LogP contribution in [-0.2, 0) is 0 Å². The number of allylic oxidation sites excluding steroid dienone is 3. The van der Waals surface area contributed by atoms with Crippen molar-refractivity contribution >= 4 is 11.9 Å². The third kappa shape index (κ3) is 0.793. The summed E-state index contributed by atoms with van der Waals surface area (Å²) in [6.07, 6.45) is 10.5. The van der Waals surface area contributed by atoms with Crippen LogP contribution >= 0.6 is 11.9 Å². The summed E-state index contributed by atoms with van der Waals surface area (Å²) in [5.41, 5.74) is 1.38. The largest absolute Gasteiger partial charge is 0.335 e. The van der Waals surface area contributed by atoms with Gasteiger partial charge in [0, 0.05) is 6.20 Å². The van der Waals surface area contributed by atoms with Gasteiger partial charge in [0.2, 0.25) is 0 Å². The van der Waals surface area contributed by atoms with Crippen LogP contribution in [-0.4, -0.2) is 5.25 Å². The summed E-state index contributed by atoms with van der Waals surface area (Å²) in [5, 5.41) is 0.565. The Morgan fingerprint density at radius 3 is 3.33 bits per heavy atom. The molecule has 0 amide bonds. The molecule has 0 aromatic heterocycles. The van der Waals surface area contributed by atoms with Crippen molar-refractivity contribution in [2.45, 2.75) is 5.25 Å². The molecule has 1 atom stereocenters. The zero-order chi connectivity index (χ0) is 6.10. The normalized spacial score (nSPS) is 29.3. The lowest BCUT2D eigenvalue weighted by Gasteiger charge is -2.05. The second-order valence-corrected chi connectivity index (χ2v) is 3.02. The molecule has 2 rings (SSSR count). The van der Waals surface area contributed by atoms with Crippen molar-refractivity contribution in [3.63, 3.8) is 0 Å². The van der Waals surface area contributed by atoms with Crippen molar-refractivity contribution in [1.82, 2.24) is 4.72 Å². The van der Waals surface area contributed by atoms with E-state index in [9.17, 15) is 0 Å². The molecular formula is C7H7NS. The van der Waals surface area contributed by atoms with Gasteiger partial charge in [-0.15, -0.1) is 0 Å². The van der Waals surface area contributed by atoms with Crippen LogP contribution in [0.1, 0.15) is 0 Å². The number of hydrogen-bond donors (Lipinski definition) is 1. The van der Waals surface area contributed by atoms with Gasteiger partial charge in [0.25, 0.3) is 0 Å². The lowest BCUT2D eigenvalue weighted by molar-refractivity contribution is 1.30. The Morgan fingerprint density at radius 2 is 2.44 bits per heavy atom. The SMILES string of the molecule is C1=CC2=CNSC2C=C1. The molecule has 1 unspecified atom stereocenters. The highest BCUT2D eigenvalue weighted by Gasteiger charge is 2.15. The van der Waals surface area contributed by atoms with Gasteiger partial charge in [0.15, 0.2) is 0 Å². The Labute approximate surface area is 58.7 Å². The predicted octanol–water partition coefficient (Wildman–Crippen LogP) is 1.62. The number of rotatable bonds is 0. The van der Waals surface area contributed by atoms with Crippen molar-refractivity contribution in [2.24, 2.45) is 0 Å². The van der Waals surface area contributed by atoms with E-state index in [2.05, 4.69) is 35.2 Å². The van der Waals surface area contributed by atoms with E-state index >= 15 is 0 Å². The molecule has 1 heterocycles. The highest BCUT2D eigenvalue weighted by molar-refractivity contribution is 7.98. The lowest BCUT2D eigenvalue weighted by atomic mass is 10.1. The van der Waals surface area contributed by atoms with Crippen LogP contribution in [0.5, 0.6) is 0 Å². The molecule has 9 heavy (non-hydrogen) atoms. The molecule has 0 spiro atoms. The molecule has 2 aliphatic rings. The predicted molar refractivity (Wildman–Crippen MR) is 40.9 cm³/mol. The second kappa shape index (κ2) is 1.95. The third-order valence-corrected chi connectivity index (χ3v) is 2.37. The summed E-state index contributed by atoms with van der Waals surface area (Å²) in [6, 6.07) is 0. The Morgan fingerprint density at radius 1 is 1.44 bits per heavy atom. The monoisotopic (exact) mass is 137 g/mol. The van der Waals surface area contributed by atoms with E-state index in [1.165, 1.54) is 5.57 Å². The third-order valence-electron chi connectivity index (χ3n) is 1.43. The Bertz CT molecular complexity index is 200. The second-order valence-electron chi connectivity index (χ2n) is 2.04. The average Bonchev–Trinajstić information content (AvgIpc) is 2.33. The summed E-state index contributed by atoms with van der Waals surface area (Å²) in [7, 11) is 0. The van der Waals surface area contributed by atoms with Gasteiger partial charge in [-0.1, -0.05) is 24.3 Å². The first-order chi connectivity index (χ1) is 4.47. The molecule has 1 aliphatic carbocycles. The summed E-state index contributed by atoms with van der Waals surface area (Å²) < 4.78 is 3.12. The van der Waals surface area contributed by atoms with Crippen LogP contribution in [0.15, 0.2) is 36.1 Å². The van der Waals surface area contributed by atoms with E-state index < -0.39 is 0 Å². The first kappa shape index (κ1) is 5.18. The molecule has 0 saturated carbocycles. The maximum Gasteiger partial charge on any atom is 0.0692 e. The Balaban J connectivity index is 2.33. The highest BCUT2D eigenvalue weighted by atomic mass is 32.2. The van der Waals surface area contributed by atoms with E-state index in [1.54, 1.807) is 11.9 Å². The van der Waals surface area contributed by atoms with Gasteiger partial charge in [-0.05, 0) is 17.5 Å². The zero-order valence-electron chi connectivity index (χ0n) is 4.87. The molecule has 0 radical (unpaired) electrons. The van der Waals surface area contributed by atoms with Gasteiger partial charge >= 0.3 is 0 Å². The van der Waals surface area contributed by atoms with E-state index in [4.69, 9.17) is 0 Å². The maximum absolute atomic E-state index is 3.12. The molecule has 0 bridgehead atoms. The van der Waals surface area contributed by atoms with Crippen LogP contribution in [0.3, 0.4) is 0 Å². The Hall–Kier alpha value is -0.630. The van der Waals surface area contributed by atoms with Crippen molar-refractivity contribution in [3.8, 4) is 0 Å². The molecule has 2 heteroatoms. The quantitative estimate of drug-likeness (QED) is 0.509. The van der Waals surface area contributed by atoms with Gasteiger partial charge in [0.1, 0.15) is 0 Å². The van der Waals surface area contributed by atoms with Crippen molar-refractivity contribution in [2.75, 3.05) is 0 Å². The molecule has 1 aliphatic heterocycles. The summed E-state index contributed by atoms with van der Waals surface area (Å²) in [5.74, 6) is 0. The summed E-state index contributed by atoms with van der Waals surface area (Å²) in [6.45, 7) is 0. The van der Waals surface area contributed by atoms with Crippen molar-refractivity contribution in [1.29, 1.82) is 0 Å². The summed E-state index contributed by atoms with van der Waals surface area (Å²) >= 11 is 1.75. The first-order valence-electron chi connectivity index (χ1n) is 2.93.